The van der Waals surface area contributed by atoms with Gasteiger partial charge in [0.15, 0.2) is 17.5 Å². The highest BCUT2D eigenvalue weighted by atomic mass is 16.5. The third-order valence-corrected chi connectivity index (χ3v) is 7.33. The summed E-state index contributed by atoms with van der Waals surface area (Å²) in [5, 5.41) is 8.58. The summed E-state index contributed by atoms with van der Waals surface area (Å²) in [6.07, 6.45) is 0. The molecule has 0 spiro atoms. The summed E-state index contributed by atoms with van der Waals surface area (Å²) in [6, 6.07) is 34.7. The SMILES string of the molecule is COc1cccc([C@@H]2c3c(C)nn(-c4ccccc4)c3N=C3C(Nc4cccc(C)c4)=Nc4ccccc4N32)c1. The number of hydrogen-bond donors (Lipinski definition) is 1. The number of aryl methyl sites for hydroxylation is 2. The van der Waals surface area contributed by atoms with Crippen LogP contribution in [0.5, 0.6) is 5.75 Å². The van der Waals surface area contributed by atoms with Crippen LogP contribution < -0.4 is 15.0 Å². The number of aromatic nitrogens is 2. The summed E-state index contributed by atoms with van der Waals surface area (Å²) in [7, 11) is 1.70. The fourth-order valence-corrected chi connectivity index (χ4v) is 5.53. The highest BCUT2D eigenvalue weighted by molar-refractivity contribution is 6.51. The lowest BCUT2D eigenvalue weighted by Crippen LogP contribution is -2.46. The molecule has 196 valence electrons. The molecule has 0 aliphatic carbocycles. The molecule has 2 aliphatic rings. The van der Waals surface area contributed by atoms with Gasteiger partial charge in [0.2, 0.25) is 0 Å². The van der Waals surface area contributed by atoms with Gasteiger partial charge in [-0.05, 0) is 73.5 Å². The summed E-state index contributed by atoms with van der Waals surface area (Å²) in [5.74, 6) is 3.01. The van der Waals surface area contributed by atoms with Crippen molar-refractivity contribution in [2.24, 2.45) is 9.98 Å². The molecule has 1 aromatic heterocycles. The molecule has 3 heterocycles. The van der Waals surface area contributed by atoms with Crippen LogP contribution >= 0.6 is 0 Å². The number of ether oxygens (including phenoxy) is 1. The summed E-state index contributed by atoms with van der Waals surface area (Å²) < 4.78 is 7.59. The van der Waals surface area contributed by atoms with Gasteiger partial charge in [-0.3, -0.25) is 0 Å². The van der Waals surface area contributed by atoms with Crippen LogP contribution in [0.15, 0.2) is 113 Å². The number of rotatable bonds is 4. The average Bonchev–Trinajstić information content (AvgIpc) is 3.32. The largest absolute Gasteiger partial charge is 0.497 e. The van der Waals surface area contributed by atoms with Gasteiger partial charge in [-0.2, -0.15) is 5.10 Å². The van der Waals surface area contributed by atoms with Crippen molar-refractivity contribution in [3.8, 4) is 11.4 Å². The van der Waals surface area contributed by atoms with E-state index in [-0.39, 0.29) is 6.04 Å². The highest BCUT2D eigenvalue weighted by Gasteiger charge is 2.41. The van der Waals surface area contributed by atoms with Crippen LogP contribution in [0.25, 0.3) is 5.69 Å². The molecule has 0 unspecified atom stereocenters. The van der Waals surface area contributed by atoms with Gasteiger partial charge in [0.25, 0.3) is 0 Å². The van der Waals surface area contributed by atoms with E-state index in [0.717, 1.165) is 57.0 Å². The number of benzene rings is 4. The van der Waals surface area contributed by atoms with Crippen LogP contribution in [0.2, 0.25) is 0 Å². The minimum atomic E-state index is -0.207. The van der Waals surface area contributed by atoms with E-state index in [9.17, 15) is 0 Å². The molecule has 4 aromatic carbocycles. The fourth-order valence-electron chi connectivity index (χ4n) is 5.53. The van der Waals surface area contributed by atoms with Crippen molar-refractivity contribution >= 4 is 34.6 Å². The normalized spacial score (nSPS) is 15.4. The second kappa shape index (κ2) is 9.54. The minimum Gasteiger partial charge on any atom is -0.497 e. The Hall–Kier alpha value is -5.17. The van der Waals surface area contributed by atoms with Crippen molar-refractivity contribution in [3.05, 3.63) is 126 Å². The molecule has 0 bridgehead atoms. The Balaban J connectivity index is 1.50. The maximum absolute atomic E-state index is 5.65. The Morgan fingerprint density at radius 1 is 0.800 bits per heavy atom. The molecular formula is C33H28N6O. The lowest BCUT2D eigenvalue weighted by atomic mass is 9.93. The predicted molar refractivity (Wildman–Crippen MR) is 161 cm³/mol. The highest BCUT2D eigenvalue weighted by Crippen LogP contribution is 2.48. The van der Waals surface area contributed by atoms with Crippen molar-refractivity contribution in [2.75, 3.05) is 17.3 Å². The molecule has 0 radical (unpaired) electrons. The number of hydrogen-bond acceptors (Lipinski definition) is 6. The Morgan fingerprint density at radius 3 is 2.42 bits per heavy atom. The first kappa shape index (κ1) is 23.9. The number of nitrogens with zero attached hydrogens (tertiary/aromatic N) is 5. The fraction of sp³-hybridized carbons (Fsp3) is 0.121. The lowest BCUT2D eigenvalue weighted by molar-refractivity contribution is 0.414. The van der Waals surface area contributed by atoms with Crippen LogP contribution in [0.3, 0.4) is 0 Å². The number of aliphatic imine (C=N–C) groups is 2. The summed E-state index contributed by atoms with van der Waals surface area (Å²) in [4.78, 5) is 12.7. The number of amidine groups is 2. The first-order valence-corrected chi connectivity index (χ1v) is 13.3. The molecule has 40 heavy (non-hydrogen) atoms. The number of para-hydroxylation sites is 3. The van der Waals surface area contributed by atoms with Gasteiger partial charge in [0.1, 0.15) is 5.75 Å². The van der Waals surface area contributed by atoms with E-state index in [0.29, 0.717) is 5.84 Å². The van der Waals surface area contributed by atoms with Crippen LogP contribution in [0.1, 0.15) is 28.4 Å². The van der Waals surface area contributed by atoms with E-state index in [1.54, 1.807) is 7.11 Å². The average molecular weight is 525 g/mol. The van der Waals surface area contributed by atoms with Crippen LogP contribution in [0.4, 0.5) is 22.9 Å². The summed E-state index contributed by atoms with van der Waals surface area (Å²) in [5.41, 5.74) is 7.99. The first-order valence-electron chi connectivity index (χ1n) is 13.3. The standard InChI is InChI=1S/C33H28N6O/c1-21-11-9-13-24(19-21)34-31-33-36-32-29(22(2)37-39(32)25-14-5-4-6-15-25)30(23-12-10-16-26(20-23)40-3)38(33)28-18-8-7-17-27(28)35-31/h4-20,30H,1-3H3,(H,34,35)/t30-/m1/s1. The van der Waals surface area contributed by atoms with Crippen molar-refractivity contribution in [1.82, 2.24) is 9.78 Å². The first-order chi connectivity index (χ1) is 19.6. The monoisotopic (exact) mass is 524 g/mol. The number of fused-ring (bicyclic) bond motifs is 4. The Morgan fingerprint density at radius 2 is 1.60 bits per heavy atom. The number of nitrogens with one attached hydrogen (secondary N) is 1. The zero-order chi connectivity index (χ0) is 27.2. The molecule has 0 fully saturated rings. The minimum absolute atomic E-state index is 0.207. The van der Waals surface area contributed by atoms with Crippen molar-refractivity contribution in [3.63, 3.8) is 0 Å². The molecule has 0 saturated heterocycles. The topological polar surface area (TPSA) is 67.0 Å². The lowest BCUT2D eigenvalue weighted by Gasteiger charge is -2.40. The molecule has 1 N–H and O–H groups in total. The van der Waals surface area contributed by atoms with E-state index in [1.165, 1.54) is 5.56 Å². The Kier molecular flexibility index (Phi) is 5.70. The summed E-state index contributed by atoms with van der Waals surface area (Å²) in [6.45, 7) is 4.14. The second-order valence-electron chi connectivity index (χ2n) is 10.00. The van der Waals surface area contributed by atoms with Gasteiger partial charge in [-0.1, -0.05) is 54.6 Å². The van der Waals surface area contributed by atoms with Crippen molar-refractivity contribution < 1.29 is 4.74 Å². The predicted octanol–water partition coefficient (Wildman–Crippen LogP) is 7.29. The van der Waals surface area contributed by atoms with Gasteiger partial charge >= 0.3 is 0 Å². The maximum atomic E-state index is 5.65. The van der Waals surface area contributed by atoms with Crippen molar-refractivity contribution in [1.29, 1.82) is 0 Å². The Bertz CT molecular complexity index is 1800. The van der Waals surface area contributed by atoms with E-state index >= 15 is 0 Å². The van der Waals surface area contributed by atoms with Gasteiger partial charge in [0, 0.05) is 11.3 Å². The molecule has 2 aliphatic heterocycles. The van der Waals surface area contributed by atoms with E-state index < -0.39 is 0 Å². The Labute approximate surface area is 233 Å². The molecule has 7 heteroatoms. The van der Waals surface area contributed by atoms with E-state index in [4.69, 9.17) is 19.8 Å². The molecule has 5 aromatic rings. The number of methoxy groups -OCH3 is 1. The van der Waals surface area contributed by atoms with Gasteiger partial charge in [-0.25, -0.2) is 14.7 Å². The number of anilines is 2. The van der Waals surface area contributed by atoms with Crippen LogP contribution in [-0.2, 0) is 0 Å². The molecular weight excluding hydrogens is 496 g/mol. The van der Waals surface area contributed by atoms with E-state index in [2.05, 4.69) is 66.5 Å². The van der Waals surface area contributed by atoms with E-state index in [1.807, 2.05) is 65.3 Å². The molecule has 7 rings (SSSR count). The van der Waals surface area contributed by atoms with Gasteiger partial charge in [-0.15, -0.1) is 0 Å². The zero-order valence-corrected chi connectivity index (χ0v) is 22.5. The molecule has 7 nitrogen and oxygen atoms in total. The second-order valence-corrected chi connectivity index (χ2v) is 10.00. The van der Waals surface area contributed by atoms with Crippen LogP contribution in [-0.4, -0.2) is 28.6 Å². The van der Waals surface area contributed by atoms with Crippen molar-refractivity contribution in [2.45, 2.75) is 19.9 Å². The zero-order valence-electron chi connectivity index (χ0n) is 22.5. The molecule has 0 amide bonds. The quantitative estimate of drug-likeness (QED) is 0.268. The maximum Gasteiger partial charge on any atom is 0.179 e. The van der Waals surface area contributed by atoms with Crippen LogP contribution in [0, 0.1) is 13.8 Å². The van der Waals surface area contributed by atoms with Gasteiger partial charge < -0.3 is 15.0 Å². The smallest absolute Gasteiger partial charge is 0.179 e. The van der Waals surface area contributed by atoms with Gasteiger partial charge in [0.05, 0.1) is 35.9 Å². The molecule has 0 saturated carbocycles. The summed E-state index contributed by atoms with van der Waals surface area (Å²) >= 11 is 0. The third-order valence-electron chi connectivity index (χ3n) is 7.33. The third kappa shape index (κ3) is 3.94. The molecule has 1 atom stereocenters.